The first-order valence-electron chi connectivity index (χ1n) is 25.4. The Morgan fingerprint density at radius 3 is 1.25 bits per heavy atom. The molecule has 0 saturated heterocycles. The van der Waals surface area contributed by atoms with Gasteiger partial charge in [-0.3, -0.25) is 14.2 Å². The monoisotopic (exact) mass is 872 g/mol. The van der Waals surface area contributed by atoms with E-state index in [1.807, 2.05) is 21.1 Å². The number of ether oxygens (including phenoxy) is 2. The fraction of sp³-hybridized carbons (Fsp3) is 0.920. The number of unbranched alkanes of at least 4 members (excludes halogenated alkanes) is 31. The minimum atomic E-state index is -4.62. The Labute approximate surface area is 371 Å². The second-order valence-corrected chi connectivity index (χ2v) is 20.0. The number of hydrogen-bond acceptors (Lipinski definition) is 8. The Morgan fingerprint density at radius 1 is 0.500 bits per heavy atom. The van der Waals surface area contributed by atoms with Gasteiger partial charge in [-0.05, 0) is 38.5 Å². The van der Waals surface area contributed by atoms with Gasteiger partial charge in [-0.1, -0.05) is 206 Å². The van der Waals surface area contributed by atoms with E-state index in [9.17, 15) is 19.0 Å². The number of quaternary nitrogens is 1. The third kappa shape index (κ3) is 46.3. The summed E-state index contributed by atoms with van der Waals surface area (Å²) in [5, 5.41) is 0. The van der Waals surface area contributed by atoms with E-state index < -0.39 is 26.5 Å². The molecule has 0 aliphatic heterocycles. The maximum Gasteiger partial charge on any atom is 0.306 e. The normalized spacial score (nSPS) is 13.5. The molecule has 356 valence electrons. The van der Waals surface area contributed by atoms with E-state index >= 15 is 0 Å². The summed E-state index contributed by atoms with van der Waals surface area (Å²) in [6, 6.07) is 0. The van der Waals surface area contributed by atoms with Crippen LogP contribution in [0.2, 0.25) is 0 Å². The number of phosphoric acid groups is 1. The highest BCUT2D eigenvalue weighted by molar-refractivity contribution is 7.45. The number of carbonyl (C=O) groups is 2. The largest absolute Gasteiger partial charge is 0.756 e. The van der Waals surface area contributed by atoms with Gasteiger partial charge in [0.25, 0.3) is 7.82 Å². The molecule has 9 nitrogen and oxygen atoms in total. The molecule has 1 unspecified atom stereocenters. The quantitative estimate of drug-likeness (QED) is 0.0195. The first-order chi connectivity index (χ1) is 29.0. The maximum absolute atomic E-state index is 12.7. The van der Waals surface area contributed by atoms with Crippen LogP contribution in [0.25, 0.3) is 0 Å². The van der Waals surface area contributed by atoms with Gasteiger partial charge < -0.3 is 27.9 Å². The van der Waals surface area contributed by atoms with Gasteiger partial charge in [-0.2, -0.15) is 0 Å². The molecule has 60 heavy (non-hydrogen) atoms. The number of esters is 2. The van der Waals surface area contributed by atoms with E-state index in [1.165, 1.54) is 167 Å². The van der Waals surface area contributed by atoms with Crippen LogP contribution in [0.1, 0.15) is 245 Å². The molecule has 0 N–H and O–H groups in total. The summed E-state index contributed by atoms with van der Waals surface area (Å²) < 4.78 is 34.0. The van der Waals surface area contributed by atoms with E-state index in [0.717, 1.165) is 44.9 Å². The van der Waals surface area contributed by atoms with Gasteiger partial charge in [0.15, 0.2) is 6.10 Å². The van der Waals surface area contributed by atoms with Crippen LogP contribution < -0.4 is 4.89 Å². The topological polar surface area (TPSA) is 111 Å². The molecule has 0 aromatic carbocycles. The van der Waals surface area contributed by atoms with Crippen molar-refractivity contribution in [2.75, 3.05) is 47.5 Å². The molecule has 0 heterocycles. The Hall–Kier alpha value is -1.25. The van der Waals surface area contributed by atoms with Crippen molar-refractivity contribution in [3.63, 3.8) is 0 Å². The summed E-state index contributed by atoms with van der Waals surface area (Å²) >= 11 is 0. The van der Waals surface area contributed by atoms with E-state index in [1.54, 1.807) is 0 Å². The summed E-state index contributed by atoms with van der Waals surface area (Å²) in [7, 11) is 1.18. The van der Waals surface area contributed by atoms with Crippen LogP contribution in [0.15, 0.2) is 12.2 Å². The molecule has 2 atom stereocenters. The molecule has 0 aliphatic carbocycles. The lowest BCUT2D eigenvalue weighted by Crippen LogP contribution is -2.37. The van der Waals surface area contributed by atoms with Crippen molar-refractivity contribution in [2.24, 2.45) is 0 Å². The summed E-state index contributed by atoms with van der Waals surface area (Å²) in [5.41, 5.74) is 0. The Kier molecular flexibility index (Phi) is 42.1. The zero-order valence-corrected chi connectivity index (χ0v) is 41.1. The average Bonchev–Trinajstić information content (AvgIpc) is 3.20. The van der Waals surface area contributed by atoms with Crippen LogP contribution in [0.4, 0.5) is 0 Å². The van der Waals surface area contributed by atoms with Crippen LogP contribution >= 0.6 is 7.82 Å². The predicted molar refractivity (Wildman–Crippen MR) is 250 cm³/mol. The molecule has 0 spiro atoms. The standard InChI is InChI=1S/C50H98NO8P/c1-6-8-10-12-14-16-18-20-22-23-24-25-26-27-29-31-33-35-37-39-41-43-50(53)59-48(47-58-60(54,55)57-45-44-51(3,4)5)46-56-49(52)42-40-38-36-34-32-30-28-21-19-17-15-13-11-9-7-2/h17,19,48H,6-16,18,20-47H2,1-5H3/b19-17-/t48-/m1/s1. The Bertz CT molecular complexity index is 1030. The summed E-state index contributed by atoms with van der Waals surface area (Å²) in [6.07, 6.45) is 46.7. The fourth-order valence-electron chi connectivity index (χ4n) is 7.30. The van der Waals surface area contributed by atoms with Gasteiger partial charge in [0.05, 0.1) is 27.7 Å². The predicted octanol–water partition coefficient (Wildman–Crippen LogP) is 14.3. The van der Waals surface area contributed by atoms with Crippen molar-refractivity contribution in [1.29, 1.82) is 0 Å². The molecule has 0 amide bonds. The molecule has 0 rings (SSSR count). The molecule has 0 aliphatic rings. The number of hydrogen-bond donors (Lipinski definition) is 0. The SMILES string of the molecule is CCCCCC/C=C\CCCCCCCCCC(=O)OC[C@H](COP(=O)([O-])OCC[N+](C)(C)C)OC(=O)CCCCCCCCCCCCCCCCCCCCCCC. The number of nitrogens with zero attached hydrogens (tertiary/aromatic N) is 1. The molecular weight excluding hydrogens is 774 g/mol. The first kappa shape index (κ1) is 58.8. The number of likely N-dealkylation sites (N-methyl/N-ethyl adjacent to an activating group) is 1. The van der Waals surface area contributed by atoms with Gasteiger partial charge in [0.2, 0.25) is 0 Å². The third-order valence-electron chi connectivity index (χ3n) is 11.3. The van der Waals surface area contributed by atoms with Crippen molar-refractivity contribution < 1.29 is 42.1 Å². The van der Waals surface area contributed by atoms with Crippen LogP contribution in [-0.4, -0.2) is 70.0 Å². The van der Waals surface area contributed by atoms with Crippen LogP contribution in [0.3, 0.4) is 0 Å². The van der Waals surface area contributed by atoms with Gasteiger partial charge in [-0.25, -0.2) is 0 Å². The molecule has 0 fully saturated rings. The second-order valence-electron chi connectivity index (χ2n) is 18.5. The molecule has 0 aromatic heterocycles. The van der Waals surface area contributed by atoms with Crippen molar-refractivity contribution >= 4 is 19.8 Å². The molecule has 10 heteroatoms. The van der Waals surface area contributed by atoms with Crippen LogP contribution in [0.5, 0.6) is 0 Å². The van der Waals surface area contributed by atoms with Crippen molar-refractivity contribution in [2.45, 2.75) is 251 Å². The van der Waals surface area contributed by atoms with Crippen molar-refractivity contribution in [1.82, 2.24) is 0 Å². The van der Waals surface area contributed by atoms with E-state index in [-0.39, 0.29) is 32.0 Å². The van der Waals surface area contributed by atoms with Gasteiger partial charge >= 0.3 is 11.9 Å². The lowest BCUT2D eigenvalue weighted by Gasteiger charge is -2.28. The minimum Gasteiger partial charge on any atom is -0.756 e. The number of rotatable bonds is 47. The summed E-state index contributed by atoms with van der Waals surface area (Å²) in [5.74, 6) is -0.825. The molecule has 0 saturated carbocycles. The highest BCUT2D eigenvalue weighted by Gasteiger charge is 2.21. The lowest BCUT2D eigenvalue weighted by molar-refractivity contribution is -0.870. The molecule has 0 bridgehead atoms. The summed E-state index contributed by atoms with van der Waals surface area (Å²) in [6.45, 7) is 4.26. The molecule has 0 aromatic rings. The smallest absolute Gasteiger partial charge is 0.306 e. The summed E-state index contributed by atoms with van der Waals surface area (Å²) in [4.78, 5) is 37.7. The molecule has 0 radical (unpaired) electrons. The first-order valence-corrected chi connectivity index (χ1v) is 26.9. The minimum absolute atomic E-state index is 0.0280. The van der Waals surface area contributed by atoms with Gasteiger partial charge in [-0.15, -0.1) is 0 Å². The highest BCUT2D eigenvalue weighted by Crippen LogP contribution is 2.38. The fourth-order valence-corrected chi connectivity index (χ4v) is 8.03. The van der Waals surface area contributed by atoms with Crippen molar-refractivity contribution in [3.05, 3.63) is 12.2 Å². The Morgan fingerprint density at radius 2 is 0.850 bits per heavy atom. The van der Waals surface area contributed by atoms with E-state index in [2.05, 4.69) is 26.0 Å². The second kappa shape index (κ2) is 43.0. The van der Waals surface area contributed by atoms with Crippen LogP contribution in [0, 0.1) is 0 Å². The number of carbonyl (C=O) groups excluding carboxylic acids is 2. The van der Waals surface area contributed by atoms with Crippen LogP contribution in [-0.2, 0) is 32.7 Å². The highest BCUT2D eigenvalue weighted by atomic mass is 31.2. The third-order valence-corrected chi connectivity index (χ3v) is 12.2. The van der Waals surface area contributed by atoms with Gasteiger partial charge in [0.1, 0.15) is 19.8 Å². The lowest BCUT2D eigenvalue weighted by atomic mass is 10.0. The number of allylic oxidation sites excluding steroid dienone is 2. The van der Waals surface area contributed by atoms with E-state index in [0.29, 0.717) is 17.4 Å². The Balaban J connectivity index is 4.21. The zero-order chi connectivity index (χ0) is 44.3. The van der Waals surface area contributed by atoms with E-state index in [4.69, 9.17) is 18.5 Å². The zero-order valence-electron chi connectivity index (χ0n) is 40.2. The average molecular weight is 872 g/mol. The molecular formula is C50H98NO8P. The van der Waals surface area contributed by atoms with Crippen molar-refractivity contribution in [3.8, 4) is 0 Å². The maximum atomic E-state index is 12.7. The van der Waals surface area contributed by atoms with Gasteiger partial charge in [0, 0.05) is 12.8 Å². The number of phosphoric ester groups is 1.